The van der Waals surface area contributed by atoms with Crippen molar-refractivity contribution < 1.29 is 0 Å². The first-order chi connectivity index (χ1) is 20.8. The molecule has 198 valence electrons. The van der Waals surface area contributed by atoms with Crippen molar-refractivity contribution in [2.45, 2.75) is 6.92 Å². The van der Waals surface area contributed by atoms with E-state index in [1.807, 2.05) is 6.07 Å². The van der Waals surface area contributed by atoms with Crippen LogP contribution in [-0.4, -0.2) is 9.55 Å². The van der Waals surface area contributed by atoms with Gasteiger partial charge in [-0.1, -0.05) is 121 Å². The molecule has 0 saturated heterocycles. The van der Waals surface area contributed by atoms with Crippen molar-refractivity contribution in [3.05, 3.63) is 157 Å². The molecule has 0 aliphatic heterocycles. The lowest BCUT2D eigenvalue weighted by Gasteiger charge is -2.18. The maximum atomic E-state index is 4.76. The van der Waals surface area contributed by atoms with Crippen LogP contribution >= 0.6 is 0 Å². The predicted octanol–water partition coefficient (Wildman–Crippen LogP) is 10.6. The van der Waals surface area contributed by atoms with Crippen molar-refractivity contribution >= 4 is 32.6 Å². The SMILES string of the molecule is Cc1nc2ccccc2n1-c1ccc(-c2ccc3c(-c4ccccc4)c4ccccc4c(-c4ccccc4)c3c2)cc1. The highest BCUT2D eigenvalue weighted by atomic mass is 15.1. The minimum Gasteiger partial charge on any atom is -0.297 e. The highest BCUT2D eigenvalue weighted by molar-refractivity contribution is 6.21. The van der Waals surface area contributed by atoms with Gasteiger partial charge in [0, 0.05) is 5.69 Å². The quantitative estimate of drug-likeness (QED) is 0.205. The van der Waals surface area contributed by atoms with Gasteiger partial charge in [0.15, 0.2) is 0 Å². The van der Waals surface area contributed by atoms with Crippen LogP contribution in [0.4, 0.5) is 0 Å². The van der Waals surface area contributed by atoms with Crippen LogP contribution < -0.4 is 0 Å². The zero-order chi connectivity index (χ0) is 28.0. The largest absolute Gasteiger partial charge is 0.297 e. The second-order valence-electron chi connectivity index (χ2n) is 10.8. The van der Waals surface area contributed by atoms with Crippen LogP contribution in [0.15, 0.2) is 152 Å². The lowest BCUT2D eigenvalue weighted by molar-refractivity contribution is 1.00. The van der Waals surface area contributed by atoms with Gasteiger partial charge >= 0.3 is 0 Å². The molecule has 0 aliphatic rings. The molecule has 8 rings (SSSR count). The second kappa shape index (κ2) is 9.87. The maximum Gasteiger partial charge on any atom is 0.111 e. The molecule has 0 fully saturated rings. The van der Waals surface area contributed by atoms with E-state index in [2.05, 4.69) is 157 Å². The summed E-state index contributed by atoms with van der Waals surface area (Å²) >= 11 is 0. The fourth-order valence-electron chi connectivity index (χ4n) is 6.46. The molecule has 0 saturated carbocycles. The Labute approximate surface area is 245 Å². The van der Waals surface area contributed by atoms with E-state index in [0.29, 0.717) is 0 Å². The highest BCUT2D eigenvalue weighted by Gasteiger charge is 2.17. The van der Waals surface area contributed by atoms with E-state index in [1.54, 1.807) is 0 Å². The van der Waals surface area contributed by atoms with Gasteiger partial charge in [-0.15, -0.1) is 0 Å². The number of para-hydroxylation sites is 2. The molecule has 0 bridgehead atoms. The molecule has 2 heteroatoms. The summed E-state index contributed by atoms with van der Waals surface area (Å²) in [5.41, 5.74) is 10.7. The summed E-state index contributed by atoms with van der Waals surface area (Å²) in [4.78, 5) is 4.76. The first kappa shape index (κ1) is 24.3. The number of benzene rings is 7. The molecule has 0 radical (unpaired) electrons. The summed E-state index contributed by atoms with van der Waals surface area (Å²) in [6.45, 7) is 2.07. The molecule has 0 aliphatic carbocycles. The minimum atomic E-state index is 0.988. The van der Waals surface area contributed by atoms with Gasteiger partial charge in [0.05, 0.1) is 11.0 Å². The molecule has 7 aromatic carbocycles. The van der Waals surface area contributed by atoms with Crippen LogP contribution in [0.1, 0.15) is 5.82 Å². The number of aryl methyl sites for hydroxylation is 1. The van der Waals surface area contributed by atoms with Gasteiger partial charge in [-0.25, -0.2) is 4.98 Å². The summed E-state index contributed by atoms with van der Waals surface area (Å²) in [6.07, 6.45) is 0. The summed E-state index contributed by atoms with van der Waals surface area (Å²) in [5, 5.41) is 5.07. The number of hydrogen-bond acceptors (Lipinski definition) is 1. The Kier molecular flexibility index (Phi) is 5.72. The van der Waals surface area contributed by atoms with E-state index in [1.165, 1.54) is 54.9 Å². The van der Waals surface area contributed by atoms with Gasteiger partial charge in [-0.2, -0.15) is 0 Å². The van der Waals surface area contributed by atoms with Gasteiger partial charge in [0.25, 0.3) is 0 Å². The first-order valence-corrected chi connectivity index (χ1v) is 14.4. The first-order valence-electron chi connectivity index (χ1n) is 14.4. The molecule has 0 spiro atoms. The Morgan fingerprint density at radius 1 is 0.429 bits per heavy atom. The van der Waals surface area contributed by atoms with Crippen LogP contribution in [0.3, 0.4) is 0 Å². The van der Waals surface area contributed by atoms with Gasteiger partial charge in [0.1, 0.15) is 5.82 Å². The van der Waals surface area contributed by atoms with Crippen molar-refractivity contribution in [3.8, 4) is 39.1 Å². The van der Waals surface area contributed by atoms with E-state index in [4.69, 9.17) is 4.98 Å². The molecule has 0 atom stereocenters. The van der Waals surface area contributed by atoms with Crippen LogP contribution in [0.5, 0.6) is 0 Å². The molecule has 8 aromatic rings. The summed E-state index contributed by atoms with van der Waals surface area (Å²) in [7, 11) is 0. The smallest absolute Gasteiger partial charge is 0.111 e. The zero-order valence-electron chi connectivity index (χ0n) is 23.3. The molecule has 1 aromatic heterocycles. The third-order valence-electron chi connectivity index (χ3n) is 8.34. The standard InChI is InChI=1S/C40H28N2/c1-27-41-37-18-10-11-19-38(37)42(27)32-23-20-28(21-24-32)31-22-25-35-36(26-31)40(30-14-6-3-7-15-30)34-17-9-8-16-33(34)39(35)29-12-4-2-5-13-29/h2-26H,1H3. The molecular formula is C40H28N2. The lowest BCUT2D eigenvalue weighted by atomic mass is 9.85. The summed E-state index contributed by atoms with van der Waals surface area (Å²) in [6, 6.07) is 54.5. The molecule has 0 amide bonds. The Morgan fingerprint density at radius 2 is 0.952 bits per heavy atom. The molecule has 42 heavy (non-hydrogen) atoms. The van der Waals surface area contributed by atoms with Crippen molar-refractivity contribution in [1.29, 1.82) is 0 Å². The van der Waals surface area contributed by atoms with Crippen molar-refractivity contribution in [3.63, 3.8) is 0 Å². The van der Waals surface area contributed by atoms with Crippen molar-refractivity contribution in [2.24, 2.45) is 0 Å². The van der Waals surface area contributed by atoms with Gasteiger partial charge in [0.2, 0.25) is 0 Å². The topological polar surface area (TPSA) is 17.8 Å². The monoisotopic (exact) mass is 536 g/mol. The number of fused-ring (bicyclic) bond motifs is 3. The molecule has 1 heterocycles. The number of hydrogen-bond donors (Lipinski definition) is 0. The normalized spacial score (nSPS) is 11.5. The van der Waals surface area contributed by atoms with Crippen LogP contribution in [0.2, 0.25) is 0 Å². The van der Waals surface area contributed by atoms with E-state index in [-0.39, 0.29) is 0 Å². The van der Waals surface area contributed by atoms with E-state index in [9.17, 15) is 0 Å². The number of aromatic nitrogens is 2. The molecule has 0 unspecified atom stereocenters. The van der Waals surface area contributed by atoms with E-state index < -0.39 is 0 Å². The molecule has 0 N–H and O–H groups in total. The average Bonchev–Trinajstić information content (AvgIpc) is 3.39. The lowest BCUT2D eigenvalue weighted by Crippen LogP contribution is -1.96. The van der Waals surface area contributed by atoms with E-state index >= 15 is 0 Å². The highest BCUT2D eigenvalue weighted by Crippen LogP contribution is 2.44. The molecule has 2 nitrogen and oxygen atoms in total. The Morgan fingerprint density at radius 3 is 1.62 bits per heavy atom. The minimum absolute atomic E-state index is 0.988. The van der Waals surface area contributed by atoms with Gasteiger partial charge < -0.3 is 0 Å². The number of rotatable bonds is 4. The van der Waals surface area contributed by atoms with Crippen LogP contribution in [0.25, 0.3) is 71.6 Å². The Bertz CT molecular complexity index is 2230. The van der Waals surface area contributed by atoms with E-state index in [0.717, 1.165) is 22.5 Å². The van der Waals surface area contributed by atoms with Crippen LogP contribution in [-0.2, 0) is 0 Å². The maximum absolute atomic E-state index is 4.76. The van der Waals surface area contributed by atoms with Crippen LogP contribution in [0, 0.1) is 6.92 Å². The van der Waals surface area contributed by atoms with Gasteiger partial charge in [-0.05, 0) is 92.2 Å². The third-order valence-corrected chi connectivity index (χ3v) is 8.34. The number of imidazole rings is 1. The fourth-order valence-corrected chi connectivity index (χ4v) is 6.46. The number of nitrogens with zero attached hydrogens (tertiary/aromatic N) is 2. The van der Waals surface area contributed by atoms with Gasteiger partial charge in [-0.3, -0.25) is 4.57 Å². The summed E-state index contributed by atoms with van der Waals surface area (Å²) in [5.74, 6) is 0.988. The predicted molar refractivity (Wildman–Crippen MR) is 177 cm³/mol. The Hall–Kier alpha value is -5.47. The zero-order valence-corrected chi connectivity index (χ0v) is 23.3. The third kappa shape index (κ3) is 3.92. The van der Waals surface area contributed by atoms with Crippen molar-refractivity contribution in [1.82, 2.24) is 9.55 Å². The fraction of sp³-hybridized carbons (Fsp3) is 0.0250. The summed E-state index contributed by atoms with van der Waals surface area (Å²) < 4.78 is 2.23. The second-order valence-corrected chi connectivity index (χ2v) is 10.8. The molecular weight excluding hydrogens is 508 g/mol. The average molecular weight is 537 g/mol. The Balaban J connectivity index is 1.35. The van der Waals surface area contributed by atoms with Crippen molar-refractivity contribution in [2.75, 3.05) is 0 Å².